The molecule has 0 radical (unpaired) electrons. The van der Waals surface area contributed by atoms with E-state index in [1.54, 1.807) is 27.7 Å². The first-order valence-corrected chi connectivity index (χ1v) is 10.7. The number of fused-ring (bicyclic) bond motifs is 2. The first-order valence-electron chi connectivity index (χ1n) is 10.4. The fraction of sp³-hybridized carbons (Fsp3) is 0.409. The largest absolute Gasteiger partial charge is 0.330 e. The van der Waals surface area contributed by atoms with Crippen LogP contribution in [0.2, 0.25) is 5.02 Å². The summed E-state index contributed by atoms with van der Waals surface area (Å²) in [5.41, 5.74) is 1.02. The second kappa shape index (κ2) is 7.74. The third-order valence-corrected chi connectivity index (χ3v) is 5.68. The summed E-state index contributed by atoms with van der Waals surface area (Å²) in [6.07, 6.45) is 1.43. The average Bonchev–Trinajstić information content (AvgIpc) is 3.30. The van der Waals surface area contributed by atoms with Crippen molar-refractivity contribution in [1.29, 1.82) is 0 Å². The molecule has 0 aliphatic carbocycles. The van der Waals surface area contributed by atoms with Crippen molar-refractivity contribution in [3.63, 3.8) is 0 Å². The van der Waals surface area contributed by atoms with Gasteiger partial charge >= 0.3 is 0 Å². The molecule has 3 aromatic heterocycles. The lowest BCUT2D eigenvalue weighted by molar-refractivity contribution is -0.116. The molecule has 0 saturated heterocycles. The number of halogens is 1. The summed E-state index contributed by atoms with van der Waals surface area (Å²) in [4.78, 5) is 45.0. The lowest BCUT2D eigenvalue weighted by Crippen LogP contribution is -2.32. The Hall–Kier alpha value is -3.20. The Balaban J connectivity index is 1.84. The first kappa shape index (κ1) is 22.0. The Morgan fingerprint density at radius 2 is 1.97 bits per heavy atom. The van der Waals surface area contributed by atoms with Gasteiger partial charge in [-0.1, -0.05) is 32.4 Å². The maximum atomic E-state index is 13.2. The van der Waals surface area contributed by atoms with E-state index in [0.29, 0.717) is 27.7 Å². The van der Waals surface area contributed by atoms with Gasteiger partial charge in [0.25, 0.3) is 11.5 Å². The number of pyridine rings is 1. The predicted octanol–water partition coefficient (Wildman–Crippen LogP) is 2.84. The molecule has 4 heterocycles. The zero-order valence-corrected chi connectivity index (χ0v) is 19.4. The van der Waals surface area contributed by atoms with Gasteiger partial charge in [-0.05, 0) is 26.0 Å². The number of amides is 2. The molecular weight excluding hydrogens is 432 g/mol. The van der Waals surface area contributed by atoms with Crippen LogP contribution in [0.25, 0.3) is 5.65 Å². The molecule has 0 spiro atoms. The number of nitrogens with zero attached hydrogens (tertiary/aromatic N) is 5. The average molecular weight is 457 g/mol. The van der Waals surface area contributed by atoms with Gasteiger partial charge in [-0.25, -0.2) is 4.98 Å². The number of carbonyl (C=O) groups is 2. The highest BCUT2D eigenvalue weighted by atomic mass is 35.5. The van der Waals surface area contributed by atoms with Crippen molar-refractivity contribution in [2.24, 2.45) is 0 Å². The third-order valence-electron chi connectivity index (χ3n) is 5.45. The number of rotatable bonds is 4. The van der Waals surface area contributed by atoms with Crippen molar-refractivity contribution in [1.82, 2.24) is 24.1 Å². The zero-order chi connectivity index (χ0) is 23.4. The third kappa shape index (κ3) is 3.77. The van der Waals surface area contributed by atoms with Crippen molar-refractivity contribution >= 4 is 34.9 Å². The van der Waals surface area contributed by atoms with Crippen LogP contribution in [0.4, 0.5) is 5.82 Å². The maximum absolute atomic E-state index is 13.2. The van der Waals surface area contributed by atoms with Crippen LogP contribution in [0.15, 0.2) is 29.2 Å². The van der Waals surface area contributed by atoms with Crippen molar-refractivity contribution < 1.29 is 9.59 Å². The molecule has 2 amide bonds. The van der Waals surface area contributed by atoms with Crippen LogP contribution in [0.3, 0.4) is 0 Å². The standard InChI is InChI=1S/C22H25ClN6O3/c1-12(2)27-10-14-19(21(27)32)28(11-17(30)25-16-7-6-13(23)9-24-16)18-8-15(22(3,4)5)26-29(18)20(14)31/h6-9,12H,10-11H2,1-5H3,(H,24,25,30). The molecule has 0 unspecified atom stereocenters. The fourth-order valence-electron chi connectivity index (χ4n) is 3.70. The number of hydrogen-bond donors (Lipinski definition) is 1. The van der Waals surface area contributed by atoms with Crippen LogP contribution in [0, 0.1) is 0 Å². The van der Waals surface area contributed by atoms with Crippen LogP contribution in [-0.2, 0) is 23.3 Å². The van der Waals surface area contributed by atoms with Crippen molar-refractivity contribution in [3.8, 4) is 0 Å². The molecule has 168 valence electrons. The molecule has 10 heteroatoms. The predicted molar refractivity (Wildman–Crippen MR) is 121 cm³/mol. The quantitative estimate of drug-likeness (QED) is 0.650. The molecule has 1 N–H and O–H groups in total. The Bertz CT molecular complexity index is 1280. The summed E-state index contributed by atoms with van der Waals surface area (Å²) in [6, 6.07) is 4.89. The molecule has 1 aliphatic heterocycles. The summed E-state index contributed by atoms with van der Waals surface area (Å²) >= 11 is 5.86. The van der Waals surface area contributed by atoms with E-state index >= 15 is 0 Å². The van der Waals surface area contributed by atoms with Crippen LogP contribution in [-0.4, -0.2) is 41.9 Å². The molecule has 0 saturated carbocycles. The van der Waals surface area contributed by atoms with E-state index in [9.17, 15) is 14.4 Å². The summed E-state index contributed by atoms with van der Waals surface area (Å²) < 4.78 is 2.87. The van der Waals surface area contributed by atoms with Crippen molar-refractivity contribution in [2.45, 2.75) is 59.2 Å². The summed E-state index contributed by atoms with van der Waals surface area (Å²) in [5.74, 6) is -0.320. The van der Waals surface area contributed by atoms with Gasteiger partial charge in [-0.2, -0.15) is 9.61 Å². The van der Waals surface area contributed by atoms with Crippen molar-refractivity contribution in [2.75, 3.05) is 5.32 Å². The lowest BCUT2D eigenvalue weighted by atomic mass is 9.93. The number of carbonyl (C=O) groups excluding carboxylic acids is 2. The molecule has 4 rings (SSSR count). The monoisotopic (exact) mass is 456 g/mol. The smallest absolute Gasteiger partial charge is 0.280 e. The number of nitrogens with one attached hydrogen (secondary N) is 1. The molecule has 0 bridgehead atoms. The summed E-state index contributed by atoms with van der Waals surface area (Å²) in [5, 5.41) is 7.68. The van der Waals surface area contributed by atoms with Gasteiger partial charge in [-0.3, -0.25) is 14.4 Å². The highest BCUT2D eigenvalue weighted by molar-refractivity contribution is 6.30. The lowest BCUT2D eigenvalue weighted by Gasteiger charge is -2.20. The van der Waals surface area contributed by atoms with Gasteiger partial charge in [-0.15, -0.1) is 0 Å². The highest BCUT2D eigenvalue weighted by Gasteiger charge is 2.36. The second-order valence-corrected chi connectivity index (χ2v) is 9.64. The van der Waals surface area contributed by atoms with Crippen LogP contribution in [0.1, 0.15) is 56.4 Å². The first-order chi connectivity index (χ1) is 15.0. The Morgan fingerprint density at radius 1 is 1.25 bits per heavy atom. The number of anilines is 1. The molecule has 9 nitrogen and oxygen atoms in total. The second-order valence-electron chi connectivity index (χ2n) is 9.20. The normalized spacial score (nSPS) is 13.8. The van der Waals surface area contributed by atoms with Crippen LogP contribution in [0.5, 0.6) is 0 Å². The van der Waals surface area contributed by atoms with E-state index in [1.165, 1.54) is 10.7 Å². The fourth-order valence-corrected chi connectivity index (χ4v) is 3.82. The van der Waals surface area contributed by atoms with Crippen LogP contribution >= 0.6 is 11.6 Å². The molecule has 32 heavy (non-hydrogen) atoms. The SMILES string of the molecule is CC(C)N1Cc2c(n(CC(=O)Nc3ccc(Cl)cn3)c3cc(C(C)(C)C)nn3c2=O)C1=O. The van der Waals surface area contributed by atoms with E-state index in [4.69, 9.17) is 11.6 Å². The maximum Gasteiger partial charge on any atom is 0.280 e. The van der Waals surface area contributed by atoms with E-state index in [2.05, 4.69) is 15.4 Å². The van der Waals surface area contributed by atoms with Gasteiger partial charge in [0.15, 0.2) is 0 Å². The molecular formula is C22H25ClN6O3. The zero-order valence-electron chi connectivity index (χ0n) is 18.6. The minimum atomic E-state index is -0.387. The summed E-state index contributed by atoms with van der Waals surface area (Å²) in [7, 11) is 0. The van der Waals surface area contributed by atoms with E-state index in [1.807, 2.05) is 34.6 Å². The minimum absolute atomic E-state index is 0.0905. The Labute approximate surface area is 190 Å². The molecule has 0 atom stereocenters. The Kier molecular flexibility index (Phi) is 5.32. The molecule has 1 aliphatic rings. The van der Waals surface area contributed by atoms with Gasteiger partial charge in [0.2, 0.25) is 5.91 Å². The molecule has 0 fully saturated rings. The van der Waals surface area contributed by atoms with E-state index < -0.39 is 0 Å². The number of hydrogen-bond acceptors (Lipinski definition) is 5. The van der Waals surface area contributed by atoms with E-state index in [0.717, 1.165) is 0 Å². The van der Waals surface area contributed by atoms with Gasteiger partial charge in [0, 0.05) is 23.7 Å². The molecule has 0 aromatic carbocycles. The van der Waals surface area contributed by atoms with Gasteiger partial charge in [0.1, 0.15) is 23.7 Å². The van der Waals surface area contributed by atoms with E-state index in [-0.39, 0.29) is 47.6 Å². The highest BCUT2D eigenvalue weighted by Crippen LogP contribution is 2.27. The molecule has 3 aromatic rings. The summed E-state index contributed by atoms with van der Waals surface area (Å²) in [6.45, 7) is 9.75. The van der Waals surface area contributed by atoms with Gasteiger partial charge < -0.3 is 14.8 Å². The van der Waals surface area contributed by atoms with Crippen LogP contribution < -0.4 is 10.9 Å². The minimum Gasteiger partial charge on any atom is -0.330 e. The van der Waals surface area contributed by atoms with Crippen molar-refractivity contribution in [3.05, 3.63) is 56.7 Å². The Morgan fingerprint density at radius 3 is 2.56 bits per heavy atom. The number of aromatic nitrogens is 4. The van der Waals surface area contributed by atoms with Gasteiger partial charge in [0.05, 0.1) is 22.8 Å². The topological polar surface area (TPSA) is 102 Å².